The van der Waals surface area contributed by atoms with E-state index in [4.69, 9.17) is 0 Å². The molecule has 138 valence electrons. The zero-order valence-electron chi connectivity index (χ0n) is 14.9. The van der Waals surface area contributed by atoms with Gasteiger partial charge in [-0.05, 0) is 37.6 Å². The maximum atomic E-state index is 13.3. The molecule has 0 atom stereocenters. The minimum atomic E-state index is -1.04. The number of carbonyl (C=O) groups is 1. The van der Waals surface area contributed by atoms with Crippen LogP contribution < -0.4 is 10.6 Å². The normalized spacial score (nSPS) is 10.5. The van der Waals surface area contributed by atoms with Crippen LogP contribution in [-0.2, 0) is 6.54 Å². The van der Waals surface area contributed by atoms with E-state index in [1.165, 1.54) is 12.1 Å². The largest absolute Gasteiger partial charge is 0.350 e. The molecule has 0 saturated heterocycles. The lowest BCUT2D eigenvalue weighted by atomic mass is 10.1. The standard InChI is InChI=1S/C20H18F2N4O/c1-12-4-3-5-14(8-12)11-23-20-24-13(2)9-18(26-20)19(27)25-15-6-7-16(21)17(22)10-15/h3-10H,11H2,1-2H3,(H,25,27)(H,23,24,26). The highest BCUT2D eigenvalue weighted by molar-refractivity contribution is 6.03. The lowest BCUT2D eigenvalue weighted by Crippen LogP contribution is -2.16. The summed E-state index contributed by atoms with van der Waals surface area (Å²) in [5.41, 5.74) is 3.08. The molecule has 1 amide bonds. The molecule has 1 heterocycles. The van der Waals surface area contributed by atoms with Gasteiger partial charge < -0.3 is 10.6 Å². The highest BCUT2D eigenvalue weighted by Gasteiger charge is 2.12. The second-order valence-electron chi connectivity index (χ2n) is 6.14. The average Bonchev–Trinajstić information content (AvgIpc) is 2.63. The predicted octanol–water partition coefficient (Wildman–Crippen LogP) is 4.24. The number of aryl methyl sites for hydroxylation is 2. The molecule has 0 unspecified atom stereocenters. The minimum absolute atomic E-state index is 0.124. The van der Waals surface area contributed by atoms with Crippen LogP contribution in [0.1, 0.15) is 27.3 Å². The van der Waals surface area contributed by atoms with Crippen LogP contribution in [0, 0.1) is 25.5 Å². The smallest absolute Gasteiger partial charge is 0.274 e. The van der Waals surface area contributed by atoms with E-state index >= 15 is 0 Å². The van der Waals surface area contributed by atoms with E-state index in [1.807, 2.05) is 31.2 Å². The zero-order chi connectivity index (χ0) is 19.4. The third kappa shape index (κ3) is 4.84. The van der Waals surface area contributed by atoms with Crippen LogP contribution in [0.25, 0.3) is 0 Å². The maximum absolute atomic E-state index is 13.3. The van der Waals surface area contributed by atoms with E-state index < -0.39 is 17.5 Å². The Bertz CT molecular complexity index is 991. The number of anilines is 2. The average molecular weight is 368 g/mol. The van der Waals surface area contributed by atoms with Crippen LogP contribution >= 0.6 is 0 Å². The van der Waals surface area contributed by atoms with E-state index in [2.05, 4.69) is 20.6 Å². The van der Waals surface area contributed by atoms with Crippen molar-refractivity contribution in [3.63, 3.8) is 0 Å². The topological polar surface area (TPSA) is 66.9 Å². The van der Waals surface area contributed by atoms with Gasteiger partial charge >= 0.3 is 0 Å². The summed E-state index contributed by atoms with van der Waals surface area (Å²) >= 11 is 0. The molecular formula is C20H18F2N4O. The van der Waals surface area contributed by atoms with Crippen LogP contribution in [0.3, 0.4) is 0 Å². The van der Waals surface area contributed by atoms with Crippen molar-refractivity contribution in [1.82, 2.24) is 9.97 Å². The van der Waals surface area contributed by atoms with Gasteiger partial charge in [-0.2, -0.15) is 0 Å². The van der Waals surface area contributed by atoms with Gasteiger partial charge in [-0.3, -0.25) is 4.79 Å². The number of amides is 1. The summed E-state index contributed by atoms with van der Waals surface area (Å²) in [5, 5.41) is 5.59. The third-order valence-electron chi connectivity index (χ3n) is 3.80. The fraction of sp³-hybridized carbons (Fsp3) is 0.150. The number of benzene rings is 2. The number of nitrogens with zero attached hydrogens (tertiary/aromatic N) is 2. The third-order valence-corrected chi connectivity index (χ3v) is 3.80. The van der Waals surface area contributed by atoms with Gasteiger partial charge in [0.1, 0.15) is 5.69 Å². The number of hydrogen-bond acceptors (Lipinski definition) is 4. The highest BCUT2D eigenvalue weighted by atomic mass is 19.2. The van der Waals surface area contributed by atoms with Gasteiger partial charge in [-0.25, -0.2) is 18.7 Å². The van der Waals surface area contributed by atoms with Crippen LogP contribution in [0.15, 0.2) is 48.5 Å². The summed E-state index contributed by atoms with van der Waals surface area (Å²) < 4.78 is 26.3. The van der Waals surface area contributed by atoms with Crippen molar-refractivity contribution in [3.8, 4) is 0 Å². The van der Waals surface area contributed by atoms with E-state index in [9.17, 15) is 13.6 Å². The molecule has 5 nitrogen and oxygen atoms in total. The Labute approximate surface area is 155 Å². The molecule has 27 heavy (non-hydrogen) atoms. The van der Waals surface area contributed by atoms with Crippen molar-refractivity contribution in [2.24, 2.45) is 0 Å². The first kappa shape index (κ1) is 18.4. The van der Waals surface area contributed by atoms with Crippen molar-refractivity contribution >= 4 is 17.5 Å². The fourth-order valence-electron chi connectivity index (χ4n) is 2.54. The summed E-state index contributed by atoms with van der Waals surface area (Å²) in [6.07, 6.45) is 0. The van der Waals surface area contributed by atoms with Gasteiger partial charge in [0.2, 0.25) is 5.95 Å². The van der Waals surface area contributed by atoms with Crippen molar-refractivity contribution in [3.05, 3.63) is 82.7 Å². The summed E-state index contributed by atoms with van der Waals surface area (Å²) in [7, 11) is 0. The van der Waals surface area contributed by atoms with Gasteiger partial charge in [-0.15, -0.1) is 0 Å². The second kappa shape index (κ2) is 7.90. The molecule has 0 bridgehead atoms. The van der Waals surface area contributed by atoms with Crippen molar-refractivity contribution < 1.29 is 13.6 Å². The second-order valence-corrected chi connectivity index (χ2v) is 6.14. The molecule has 3 aromatic rings. The molecule has 0 fully saturated rings. The van der Waals surface area contributed by atoms with Gasteiger partial charge in [0.25, 0.3) is 5.91 Å². The Kier molecular flexibility index (Phi) is 5.40. The molecule has 0 radical (unpaired) electrons. The Morgan fingerprint density at radius 3 is 2.56 bits per heavy atom. The first-order valence-corrected chi connectivity index (χ1v) is 8.32. The molecule has 1 aromatic heterocycles. The Balaban J connectivity index is 1.73. The van der Waals surface area contributed by atoms with Crippen molar-refractivity contribution in [1.29, 1.82) is 0 Å². The monoisotopic (exact) mass is 368 g/mol. The molecule has 2 N–H and O–H groups in total. The molecule has 0 spiro atoms. The summed E-state index contributed by atoms with van der Waals surface area (Å²) in [4.78, 5) is 20.9. The van der Waals surface area contributed by atoms with E-state index in [1.54, 1.807) is 6.92 Å². The number of aromatic nitrogens is 2. The molecule has 3 rings (SSSR count). The lowest BCUT2D eigenvalue weighted by Gasteiger charge is -2.09. The first-order valence-electron chi connectivity index (χ1n) is 8.32. The zero-order valence-corrected chi connectivity index (χ0v) is 14.9. The number of hydrogen-bond donors (Lipinski definition) is 2. The Morgan fingerprint density at radius 2 is 1.81 bits per heavy atom. The number of halogens is 2. The van der Waals surface area contributed by atoms with Gasteiger partial charge in [-0.1, -0.05) is 29.8 Å². The SMILES string of the molecule is Cc1cccc(CNc2nc(C)cc(C(=O)Nc3ccc(F)c(F)c3)n2)c1. The van der Waals surface area contributed by atoms with Crippen LogP contribution in [0.5, 0.6) is 0 Å². The van der Waals surface area contributed by atoms with Crippen LogP contribution in [0.4, 0.5) is 20.4 Å². The fourth-order valence-corrected chi connectivity index (χ4v) is 2.54. The van der Waals surface area contributed by atoms with E-state index in [-0.39, 0.29) is 11.4 Å². The molecule has 0 aliphatic carbocycles. The Hall–Kier alpha value is -3.35. The van der Waals surface area contributed by atoms with Gasteiger partial charge in [0.15, 0.2) is 11.6 Å². The lowest BCUT2D eigenvalue weighted by molar-refractivity contribution is 0.102. The molecule has 0 aliphatic heterocycles. The van der Waals surface area contributed by atoms with Crippen LogP contribution in [0.2, 0.25) is 0 Å². The quantitative estimate of drug-likeness (QED) is 0.707. The number of nitrogens with one attached hydrogen (secondary N) is 2. The van der Waals surface area contributed by atoms with Gasteiger partial charge in [0, 0.05) is 24.0 Å². The molecule has 7 heteroatoms. The molecule has 0 saturated carbocycles. The summed E-state index contributed by atoms with van der Waals surface area (Å²) in [5.74, 6) is -2.24. The van der Waals surface area contributed by atoms with Crippen LogP contribution in [-0.4, -0.2) is 15.9 Å². The summed E-state index contributed by atoms with van der Waals surface area (Å²) in [6.45, 7) is 4.26. The predicted molar refractivity (Wildman–Crippen MR) is 99.6 cm³/mol. The summed E-state index contributed by atoms with van der Waals surface area (Å²) in [6, 6.07) is 12.7. The van der Waals surface area contributed by atoms with E-state index in [0.717, 1.165) is 23.3 Å². The maximum Gasteiger partial charge on any atom is 0.274 e. The Morgan fingerprint density at radius 1 is 1.00 bits per heavy atom. The number of rotatable bonds is 5. The molecular weight excluding hydrogens is 350 g/mol. The van der Waals surface area contributed by atoms with Gasteiger partial charge in [0.05, 0.1) is 0 Å². The van der Waals surface area contributed by atoms with E-state index in [0.29, 0.717) is 18.2 Å². The minimum Gasteiger partial charge on any atom is -0.350 e. The highest BCUT2D eigenvalue weighted by Crippen LogP contribution is 2.15. The first-order chi connectivity index (χ1) is 12.9. The van der Waals surface area contributed by atoms with Crippen molar-refractivity contribution in [2.75, 3.05) is 10.6 Å². The number of carbonyl (C=O) groups excluding carboxylic acids is 1. The molecule has 2 aromatic carbocycles. The van der Waals surface area contributed by atoms with Crippen molar-refractivity contribution in [2.45, 2.75) is 20.4 Å². The molecule has 0 aliphatic rings.